The number of nitrogens with one attached hydrogen (secondary N) is 1. The van der Waals surface area contributed by atoms with E-state index in [0.29, 0.717) is 17.9 Å². The fraction of sp³-hybridized carbons (Fsp3) is 0.900. The summed E-state index contributed by atoms with van der Waals surface area (Å²) in [4.78, 5) is 10.9. The summed E-state index contributed by atoms with van der Waals surface area (Å²) in [5.41, 5.74) is 0. The average Bonchev–Trinajstić information content (AvgIpc) is 1.97. The quantitative estimate of drug-likeness (QED) is 0.638. The molecule has 1 saturated carbocycles. The third-order valence-corrected chi connectivity index (χ3v) is 2.91. The molecule has 0 spiro atoms. The summed E-state index contributed by atoms with van der Waals surface area (Å²) in [6.07, 6.45) is 3.84. The van der Waals surface area contributed by atoms with Crippen LogP contribution in [0.3, 0.4) is 0 Å². The van der Waals surface area contributed by atoms with Gasteiger partial charge in [0.15, 0.2) is 0 Å². The first-order valence-corrected chi connectivity index (χ1v) is 4.88. The Hall–Kier alpha value is -0.530. The van der Waals surface area contributed by atoms with Gasteiger partial charge in [-0.25, -0.2) is 0 Å². The summed E-state index contributed by atoms with van der Waals surface area (Å²) in [5.74, 6) is 1.41. The molecule has 0 aliphatic heterocycles. The van der Waals surface area contributed by atoms with Gasteiger partial charge in [-0.3, -0.25) is 4.79 Å². The SMILES string of the molecule is CC(=O)NC1[C@H](C)CCC[C@@H]1C. The second-order valence-corrected chi connectivity index (χ2v) is 4.11. The van der Waals surface area contributed by atoms with Crippen molar-refractivity contribution in [2.75, 3.05) is 0 Å². The molecule has 1 aliphatic carbocycles. The lowest BCUT2D eigenvalue weighted by Crippen LogP contribution is -2.44. The molecule has 1 amide bonds. The third kappa shape index (κ3) is 2.23. The predicted octanol–water partition coefficient (Wildman–Crippen LogP) is 1.95. The van der Waals surface area contributed by atoms with Crippen LogP contribution in [0.1, 0.15) is 40.0 Å². The fourth-order valence-corrected chi connectivity index (χ4v) is 2.20. The van der Waals surface area contributed by atoms with Crippen molar-refractivity contribution >= 4 is 5.91 Å². The molecule has 1 rings (SSSR count). The second-order valence-electron chi connectivity index (χ2n) is 4.11. The molecule has 2 heteroatoms. The van der Waals surface area contributed by atoms with E-state index in [1.807, 2.05) is 0 Å². The molecule has 2 nitrogen and oxygen atoms in total. The Balaban J connectivity index is 2.50. The molecule has 0 aromatic rings. The van der Waals surface area contributed by atoms with Crippen LogP contribution >= 0.6 is 0 Å². The Morgan fingerprint density at radius 3 is 2.17 bits per heavy atom. The van der Waals surface area contributed by atoms with E-state index >= 15 is 0 Å². The number of rotatable bonds is 1. The number of hydrogen-bond acceptors (Lipinski definition) is 1. The minimum Gasteiger partial charge on any atom is -0.353 e. The summed E-state index contributed by atoms with van der Waals surface area (Å²) in [6.45, 7) is 6.07. The van der Waals surface area contributed by atoms with Crippen molar-refractivity contribution in [3.8, 4) is 0 Å². The number of carbonyl (C=O) groups is 1. The molecule has 3 atom stereocenters. The lowest BCUT2D eigenvalue weighted by molar-refractivity contribution is -0.120. The van der Waals surface area contributed by atoms with Gasteiger partial charge in [-0.15, -0.1) is 0 Å². The van der Waals surface area contributed by atoms with Crippen LogP contribution in [0.5, 0.6) is 0 Å². The largest absolute Gasteiger partial charge is 0.353 e. The van der Waals surface area contributed by atoms with Crippen LogP contribution < -0.4 is 5.32 Å². The Morgan fingerprint density at radius 1 is 1.25 bits per heavy atom. The van der Waals surface area contributed by atoms with Gasteiger partial charge in [-0.1, -0.05) is 20.3 Å². The van der Waals surface area contributed by atoms with Crippen molar-refractivity contribution in [1.29, 1.82) is 0 Å². The monoisotopic (exact) mass is 169 g/mol. The predicted molar refractivity (Wildman–Crippen MR) is 49.8 cm³/mol. The normalized spacial score (nSPS) is 36.1. The summed E-state index contributed by atoms with van der Waals surface area (Å²) in [6, 6.07) is 0.413. The topological polar surface area (TPSA) is 29.1 Å². The third-order valence-electron chi connectivity index (χ3n) is 2.91. The molecule has 1 N–H and O–H groups in total. The van der Waals surface area contributed by atoms with Crippen molar-refractivity contribution in [1.82, 2.24) is 5.32 Å². The van der Waals surface area contributed by atoms with Gasteiger partial charge >= 0.3 is 0 Å². The van der Waals surface area contributed by atoms with Gasteiger partial charge in [0.2, 0.25) is 5.91 Å². The van der Waals surface area contributed by atoms with Crippen LogP contribution in [0.4, 0.5) is 0 Å². The highest BCUT2D eigenvalue weighted by molar-refractivity contribution is 5.73. The molecule has 0 bridgehead atoms. The zero-order valence-electron chi connectivity index (χ0n) is 8.26. The number of amides is 1. The molecule has 1 fully saturated rings. The van der Waals surface area contributed by atoms with Crippen LogP contribution in [0.25, 0.3) is 0 Å². The minimum atomic E-state index is 0.112. The zero-order chi connectivity index (χ0) is 9.14. The van der Waals surface area contributed by atoms with E-state index in [0.717, 1.165) is 0 Å². The molecule has 1 unspecified atom stereocenters. The Morgan fingerprint density at radius 2 is 1.75 bits per heavy atom. The van der Waals surface area contributed by atoms with Gasteiger partial charge in [0.1, 0.15) is 0 Å². The van der Waals surface area contributed by atoms with Gasteiger partial charge < -0.3 is 5.32 Å². The maximum absolute atomic E-state index is 10.9. The van der Waals surface area contributed by atoms with Crippen LogP contribution in [-0.2, 0) is 4.79 Å². The lowest BCUT2D eigenvalue weighted by Gasteiger charge is -2.34. The zero-order valence-corrected chi connectivity index (χ0v) is 8.26. The summed E-state index contributed by atoms with van der Waals surface area (Å²) in [7, 11) is 0. The first-order valence-electron chi connectivity index (χ1n) is 4.88. The second kappa shape index (κ2) is 3.92. The molecule has 0 aromatic carbocycles. The van der Waals surface area contributed by atoms with Crippen molar-refractivity contribution in [3.05, 3.63) is 0 Å². The molecule has 1 aliphatic rings. The van der Waals surface area contributed by atoms with E-state index in [2.05, 4.69) is 19.2 Å². The van der Waals surface area contributed by atoms with E-state index in [-0.39, 0.29) is 5.91 Å². The van der Waals surface area contributed by atoms with Gasteiger partial charge in [0.25, 0.3) is 0 Å². The molecular weight excluding hydrogens is 150 g/mol. The molecular formula is C10H19NO. The van der Waals surface area contributed by atoms with Crippen LogP contribution in [-0.4, -0.2) is 11.9 Å². The smallest absolute Gasteiger partial charge is 0.217 e. The first-order chi connectivity index (χ1) is 5.61. The van der Waals surface area contributed by atoms with E-state index in [9.17, 15) is 4.79 Å². The van der Waals surface area contributed by atoms with Gasteiger partial charge in [-0.2, -0.15) is 0 Å². The fourth-order valence-electron chi connectivity index (χ4n) is 2.20. The van der Waals surface area contributed by atoms with Crippen LogP contribution in [0.15, 0.2) is 0 Å². The summed E-state index contributed by atoms with van der Waals surface area (Å²) in [5, 5.41) is 3.04. The summed E-state index contributed by atoms with van der Waals surface area (Å²) >= 11 is 0. The van der Waals surface area contributed by atoms with Crippen LogP contribution in [0.2, 0.25) is 0 Å². The highest BCUT2D eigenvalue weighted by atomic mass is 16.1. The molecule has 0 aromatic heterocycles. The van der Waals surface area contributed by atoms with E-state index < -0.39 is 0 Å². The molecule has 0 heterocycles. The molecule has 0 saturated heterocycles. The van der Waals surface area contributed by atoms with Crippen molar-refractivity contribution < 1.29 is 4.79 Å². The maximum Gasteiger partial charge on any atom is 0.217 e. The van der Waals surface area contributed by atoms with Gasteiger partial charge in [0.05, 0.1) is 0 Å². The maximum atomic E-state index is 10.9. The molecule has 0 radical (unpaired) electrons. The lowest BCUT2D eigenvalue weighted by atomic mass is 9.79. The van der Waals surface area contributed by atoms with Gasteiger partial charge in [0, 0.05) is 13.0 Å². The minimum absolute atomic E-state index is 0.112. The number of hydrogen-bond donors (Lipinski definition) is 1. The van der Waals surface area contributed by atoms with E-state index in [1.165, 1.54) is 19.3 Å². The highest BCUT2D eigenvalue weighted by Crippen LogP contribution is 2.28. The van der Waals surface area contributed by atoms with E-state index in [4.69, 9.17) is 0 Å². The highest BCUT2D eigenvalue weighted by Gasteiger charge is 2.27. The van der Waals surface area contributed by atoms with Crippen molar-refractivity contribution in [3.63, 3.8) is 0 Å². The standard InChI is InChI=1S/C10H19NO/c1-7-5-4-6-8(2)10(7)11-9(3)12/h7-8,10H,4-6H2,1-3H3,(H,11,12)/t7-,8+,10?. The van der Waals surface area contributed by atoms with Gasteiger partial charge in [-0.05, 0) is 24.7 Å². The Bertz CT molecular complexity index is 157. The van der Waals surface area contributed by atoms with E-state index in [1.54, 1.807) is 6.92 Å². The Kier molecular flexibility index (Phi) is 3.12. The van der Waals surface area contributed by atoms with Crippen molar-refractivity contribution in [2.45, 2.75) is 46.1 Å². The number of carbonyl (C=O) groups excluding carboxylic acids is 1. The Labute approximate surface area is 74.7 Å². The first kappa shape index (κ1) is 9.56. The average molecular weight is 169 g/mol. The molecule has 12 heavy (non-hydrogen) atoms. The molecule has 70 valence electrons. The van der Waals surface area contributed by atoms with Crippen molar-refractivity contribution in [2.24, 2.45) is 11.8 Å². The van der Waals surface area contributed by atoms with Crippen LogP contribution in [0, 0.1) is 11.8 Å². The summed E-state index contributed by atoms with van der Waals surface area (Å²) < 4.78 is 0.